The van der Waals surface area contributed by atoms with E-state index in [4.69, 9.17) is 18.9 Å². The zero-order valence-corrected chi connectivity index (χ0v) is 10.6. The minimum absolute atomic E-state index is 0.0974. The first kappa shape index (κ1) is 10.9. The van der Waals surface area contributed by atoms with E-state index >= 15 is 0 Å². The van der Waals surface area contributed by atoms with Crippen LogP contribution in [0.5, 0.6) is 17.2 Å². The maximum absolute atomic E-state index is 12.3. The number of ether oxygens (including phenoxy) is 4. The molecule has 1 atom stereocenters. The van der Waals surface area contributed by atoms with Crippen LogP contribution < -0.4 is 14.2 Å². The van der Waals surface area contributed by atoms with E-state index in [1.807, 2.05) is 13.8 Å². The number of hydrogen-bond donors (Lipinski definition) is 0. The van der Waals surface area contributed by atoms with Gasteiger partial charge in [0.15, 0.2) is 11.5 Å². The molecule has 1 amide bonds. The SMILES string of the molecule is CC1(C)Oc2cc3c(cc2O1)C(=O)N1CCOC1O3. The van der Waals surface area contributed by atoms with Crippen LogP contribution in [0, 0.1) is 0 Å². The smallest absolute Gasteiger partial charge is 0.286 e. The second kappa shape index (κ2) is 3.33. The number of hydrogen-bond acceptors (Lipinski definition) is 5. The fourth-order valence-electron chi connectivity index (χ4n) is 2.52. The summed E-state index contributed by atoms with van der Waals surface area (Å²) in [6.45, 7) is 4.67. The molecule has 100 valence electrons. The Kier molecular flexibility index (Phi) is 1.91. The lowest BCUT2D eigenvalue weighted by molar-refractivity contribution is -0.106. The molecule has 1 aromatic rings. The first-order chi connectivity index (χ1) is 9.03. The van der Waals surface area contributed by atoms with Crippen LogP contribution >= 0.6 is 0 Å². The highest BCUT2D eigenvalue weighted by Crippen LogP contribution is 2.45. The predicted molar refractivity (Wildman–Crippen MR) is 63.2 cm³/mol. The number of benzene rings is 1. The molecular weight excluding hydrogens is 250 g/mol. The van der Waals surface area contributed by atoms with E-state index in [0.29, 0.717) is 36.0 Å². The molecule has 0 aromatic heterocycles. The molecule has 1 saturated heterocycles. The van der Waals surface area contributed by atoms with Gasteiger partial charge in [-0.1, -0.05) is 0 Å². The first-order valence-electron chi connectivity index (χ1n) is 6.19. The van der Waals surface area contributed by atoms with Gasteiger partial charge in [0.1, 0.15) is 5.75 Å². The number of nitrogens with zero attached hydrogens (tertiary/aromatic N) is 1. The van der Waals surface area contributed by atoms with Gasteiger partial charge in [0, 0.05) is 26.0 Å². The molecule has 4 rings (SSSR count). The zero-order chi connectivity index (χ0) is 13.2. The summed E-state index contributed by atoms with van der Waals surface area (Å²) in [6.07, 6.45) is -0.617. The molecule has 0 radical (unpaired) electrons. The molecule has 0 saturated carbocycles. The topological polar surface area (TPSA) is 57.2 Å². The zero-order valence-electron chi connectivity index (χ0n) is 10.6. The number of rotatable bonds is 0. The molecule has 1 aromatic carbocycles. The van der Waals surface area contributed by atoms with Gasteiger partial charge in [0.05, 0.1) is 18.7 Å². The summed E-state index contributed by atoms with van der Waals surface area (Å²) in [5.74, 6) is 0.817. The first-order valence-corrected chi connectivity index (χ1v) is 6.19. The summed E-state index contributed by atoms with van der Waals surface area (Å²) >= 11 is 0. The van der Waals surface area contributed by atoms with Gasteiger partial charge >= 0.3 is 0 Å². The minimum Gasteiger partial charge on any atom is -0.449 e. The van der Waals surface area contributed by atoms with Crippen molar-refractivity contribution in [2.24, 2.45) is 0 Å². The Bertz CT molecular complexity index is 583. The lowest BCUT2D eigenvalue weighted by atomic mass is 10.1. The van der Waals surface area contributed by atoms with E-state index in [-0.39, 0.29) is 5.91 Å². The van der Waals surface area contributed by atoms with Crippen molar-refractivity contribution in [3.05, 3.63) is 17.7 Å². The summed E-state index contributed by atoms with van der Waals surface area (Å²) in [4.78, 5) is 13.9. The third-order valence-corrected chi connectivity index (χ3v) is 3.32. The van der Waals surface area contributed by atoms with Gasteiger partial charge in [0.25, 0.3) is 12.3 Å². The molecule has 1 fully saturated rings. The monoisotopic (exact) mass is 263 g/mol. The second-order valence-corrected chi connectivity index (χ2v) is 5.19. The molecule has 0 aliphatic carbocycles. The Labute approximate surface area is 109 Å². The molecule has 3 aliphatic heterocycles. The van der Waals surface area contributed by atoms with Crippen molar-refractivity contribution in [1.29, 1.82) is 0 Å². The van der Waals surface area contributed by atoms with Gasteiger partial charge in [-0.05, 0) is 0 Å². The number of carbonyl (C=O) groups excluding carboxylic acids is 1. The van der Waals surface area contributed by atoms with Gasteiger partial charge < -0.3 is 18.9 Å². The lowest BCUT2D eigenvalue weighted by Gasteiger charge is -2.29. The van der Waals surface area contributed by atoms with E-state index < -0.39 is 12.2 Å². The van der Waals surface area contributed by atoms with Crippen LogP contribution in [0.2, 0.25) is 0 Å². The van der Waals surface area contributed by atoms with Crippen molar-refractivity contribution in [1.82, 2.24) is 4.90 Å². The standard InChI is InChI=1S/C13H13NO5/c1-13(2)18-9-5-7-8(6-10(9)19-13)17-12-14(11(7)15)3-4-16-12/h5-6,12H,3-4H2,1-2H3. The Morgan fingerprint density at radius 3 is 2.74 bits per heavy atom. The molecular formula is C13H13NO5. The maximum atomic E-state index is 12.3. The number of carbonyl (C=O) groups is 1. The van der Waals surface area contributed by atoms with Gasteiger partial charge in [-0.2, -0.15) is 0 Å². The average Bonchev–Trinajstić information content (AvgIpc) is 2.89. The van der Waals surface area contributed by atoms with E-state index in [9.17, 15) is 4.79 Å². The highest BCUT2D eigenvalue weighted by Gasteiger charge is 2.41. The Morgan fingerprint density at radius 2 is 1.95 bits per heavy atom. The van der Waals surface area contributed by atoms with E-state index in [1.165, 1.54) is 0 Å². The molecule has 3 heterocycles. The Balaban J connectivity index is 1.80. The molecule has 6 heteroatoms. The van der Waals surface area contributed by atoms with Gasteiger partial charge in [-0.15, -0.1) is 0 Å². The molecule has 0 spiro atoms. The van der Waals surface area contributed by atoms with Crippen LogP contribution in [0.4, 0.5) is 0 Å². The van der Waals surface area contributed by atoms with Crippen LogP contribution in [0.25, 0.3) is 0 Å². The molecule has 0 N–H and O–H groups in total. The molecule has 0 bridgehead atoms. The van der Waals surface area contributed by atoms with Crippen molar-refractivity contribution in [3.63, 3.8) is 0 Å². The van der Waals surface area contributed by atoms with E-state index in [0.717, 1.165) is 0 Å². The van der Waals surface area contributed by atoms with Crippen molar-refractivity contribution in [2.75, 3.05) is 13.2 Å². The maximum Gasteiger partial charge on any atom is 0.286 e. The van der Waals surface area contributed by atoms with Crippen molar-refractivity contribution in [3.8, 4) is 17.2 Å². The van der Waals surface area contributed by atoms with Crippen molar-refractivity contribution >= 4 is 5.91 Å². The molecule has 19 heavy (non-hydrogen) atoms. The molecule has 1 unspecified atom stereocenters. The summed E-state index contributed by atoms with van der Waals surface area (Å²) < 4.78 is 22.3. The highest BCUT2D eigenvalue weighted by atomic mass is 16.7. The minimum atomic E-state index is -0.720. The fourth-order valence-corrected chi connectivity index (χ4v) is 2.52. The van der Waals surface area contributed by atoms with E-state index in [2.05, 4.69) is 0 Å². The van der Waals surface area contributed by atoms with E-state index in [1.54, 1.807) is 17.0 Å². The van der Waals surface area contributed by atoms with Gasteiger partial charge in [-0.25, -0.2) is 0 Å². The van der Waals surface area contributed by atoms with Gasteiger partial charge in [0.2, 0.25) is 5.79 Å². The van der Waals surface area contributed by atoms with Crippen LogP contribution in [0.15, 0.2) is 12.1 Å². The molecule has 3 aliphatic rings. The summed E-state index contributed by atoms with van der Waals surface area (Å²) in [7, 11) is 0. The molecule has 6 nitrogen and oxygen atoms in total. The van der Waals surface area contributed by atoms with Crippen molar-refractivity contribution < 1.29 is 23.7 Å². The second-order valence-electron chi connectivity index (χ2n) is 5.19. The average molecular weight is 263 g/mol. The third-order valence-electron chi connectivity index (χ3n) is 3.32. The normalized spacial score (nSPS) is 25.9. The Morgan fingerprint density at radius 1 is 1.21 bits per heavy atom. The fraction of sp³-hybridized carbons (Fsp3) is 0.462. The van der Waals surface area contributed by atoms with Crippen LogP contribution in [-0.4, -0.2) is 36.2 Å². The summed E-state index contributed by atoms with van der Waals surface area (Å²) in [6, 6.07) is 3.37. The van der Waals surface area contributed by atoms with Crippen LogP contribution in [-0.2, 0) is 4.74 Å². The summed E-state index contributed by atoms with van der Waals surface area (Å²) in [5, 5.41) is 0. The number of amides is 1. The lowest BCUT2D eigenvalue weighted by Crippen LogP contribution is -2.43. The van der Waals surface area contributed by atoms with Gasteiger partial charge in [-0.3, -0.25) is 9.69 Å². The predicted octanol–water partition coefficient (Wildman–Crippen LogP) is 1.34. The van der Waals surface area contributed by atoms with Crippen LogP contribution in [0.3, 0.4) is 0 Å². The highest BCUT2D eigenvalue weighted by molar-refractivity contribution is 5.99. The number of fused-ring (bicyclic) bond motifs is 3. The largest absolute Gasteiger partial charge is 0.449 e. The summed E-state index contributed by atoms with van der Waals surface area (Å²) in [5.41, 5.74) is 0.488. The van der Waals surface area contributed by atoms with Crippen molar-refractivity contribution in [2.45, 2.75) is 26.0 Å². The third kappa shape index (κ3) is 1.49. The Hall–Kier alpha value is -1.95. The van der Waals surface area contributed by atoms with Crippen LogP contribution in [0.1, 0.15) is 24.2 Å². The quantitative estimate of drug-likeness (QED) is 0.707.